The Kier molecular flexibility index (Phi) is 3.02. The molecule has 0 spiro atoms. The number of primary amides is 1. The van der Waals surface area contributed by atoms with Gasteiger partial charge in [-0.1, -0.05) is 0 Å². The Hall–Kier alpha value is -1.62. The molecule has 1 aromatic rings. The van der Waals surface area contributed by atoms with Crippen molar-refractivity contribution >= 4 is 11.7 Å². The van der Waals surface area contributed by atoms with Crippen LogP contribution in [0.25, 0.3) is 0 Å². The van der Waals surface area contributed by atoms with E-state index in [2.05, 4.69) is 4.98 Å². The first-order valence-electron chi connectivity index (χ1n) is 5.72. The van der Waals surface area contributed by atoms with Gasteiger partial charge in [0, 0.05) is 19.3 Å². The van der Waals surface area contributed by atoms with E-state index in [1.54, 1.807) is 18.3 Å². The lowest BCUT2D eigenvalue weighted by molar-refractivity contribution is 0.0350. The zero-order valence-electron chi connectivity index (χ0n) is 9.89. The van der Waals surface area contributed by atoms with E-state index in [1.807, 2.05) is 11.8 Å². The van der Waals surface area contributed by atoms with Crippen LogP contribution in [0.15, 0.2) is 18.3 Å². The maximum atomic E-state index is 11.3. The molecule has 5 heteroatoms. The molecule has 1 amide bonds. The lowest BCUT2D eigenvalue weighted by Crippen LogP contribution is -2.43. The number of pyridine rings is 1. The molecule has 0 aromatic carbocycles. The quantitative estimate of drug-likeness (QED) is 0.783. The van der Waals surface area contributed by atoms with Crippen molar-refractivity contribution < 1.29 is 9.90 Å². The molecule has 1 aromatic heterocycles. The lowest BCUT2D eigenvalue weighted by atomic mass is 9.93. The Morgan fingerprint density at radius 2 is 2.18 bits per heavy atom. The molecule has 1 fully saturated rings. The maximum Gasteiger partial charge on any atom is 0.252 e. The van der Waals surface area contributed by atoms with Gasteiger partial charge < -0.3 is 15.7 Å². The normalized spacial score (nSPS) is 19.1. The summed E-state index contributed by atoms with van der Waals surface area (Å²) in [5.41, 5.74) is 5.15. The van der Waals surface area contributed by atoms with Crippen LogP contribution < -0.4 is 10.6 Å². The molecular weight excluding hydrogens is 218 g/mol. The number of anilines is 1. The third kappa shape index (κ3) is 2.55. The molecular formula is C12H17N3O2. The fourth-order valence-corrected chi connectivity index (χ4v) is 2.04. The number of nitrogens with two attached hydrogens (primary N) is 1. The zero-order valence-corrected chi connectivity index (χ0v) is 9.89. The number of aromatic nitrogens is 1. The summed E-state index contributed by atoms with van der Waals surface area (Å²) in [5.74, 6) is 0.154. The zero-order chi connectivity index (χ0) is 12.5. The van der Waals surface area contributed by atoms with Crippen LogP contribution in [-0.2, 0) is 0 Å². The first-order chi connectivity index (χ1) is 7.99. The number of hydrogen-bond donors (Lipinski definition) is 2. The van der Waals surface area contributed by atoms with Gasteiger partial charge in [0.2, 0.25) is 0 Å². The molecule has 2 rings (SSSR count). The predicted molar refractivity (Wildman–Crippen MR) is 64.8 cm³/mol. The second kappa shape index (κ2) is 4.33. The topological polar surface area (TPSA) is 79.4 Å². The number of rotatable bonds is 2. The SMILES string of the molecule is CC1(O)CCN(c2ncccc2C(N)=O)CC1. The highest BCUT2D eigenvalue weighted by Gasteiger charge is 2.29. The Morgan fingerprint density at radius 1 is 1.53 bits per heavy atom. The highest BCUT2D eigenvalue weighted by Crippen LogP contribution is 2.26. The minimum absolute atomic E-state index is 0.439. The molecule has 0 aliphatic carbocycles. The van der Waals surface area contributed by atoms with E-state index >= 15 is 0 Å². The molecule has 0 bridgehead atoms. The molecule has 2 heterocycles. The summed E-state index contributed by atoms with van der Waals surface area (Å²) in [7, 11) is 0. The largest absolute Gasteiger partial charge is 0.390 e. The summed E-state index contributed by atoms with van der Waals surface area (Å²) in [6.07, 6.45) is 2.98. The minimum atomic E-state index is -0.613. The fourth-order valence-electron chi connectivity index (χ4n) is 2.04. The molecule has 0 atom stereocenters. The molecule has 1 saturated heterocycles. The minimum Gasteiger partial charge on any atom is -0.390 e. The highest BCUT2D eigenvalue weighted by atomic mass is 16.3. The molecule has 3 N–H and O–H groups in total. The van der Waals surface area contributed by atoms with Crippen molar-refractivity contribution in [3.63, 3.8) is 0 Å². The molecule has 0 radical (unpaired) electrons. The van der Waals surface area contributed by atoms with Crippen molar-refractivity contribution in [2.75, 3.05) is 18.0 Å². The van der Waals surface area contributed by atoms with Crippen molar-refractivity contribution in [1.29, 1.82) is 0 Å². The number of nitrogens with zero attached hydrogens (tertiary/aromatic N) is 2. The van der Waals surface area contributed by atoms with E-state index in [1.165, 1.54) is 0 Å². The van der Waals surface area contributed by atoms with E-state index in [0.29, 0.717) is 37.3 Å². The first kappa shape index (κ1) is 11.9. The number of aliphatic hydroxyl groups is 1. The number of piperidine rings is 1. The number of carbonyl (C=O) groups excluding carboxylic acids is 1. The average molecular weight is 235 g/mol. The second-order valence-corrected chi connectivity index (χ2v) is 4.72. The van der Waals surface area contributed by atoms with E-state index in [-0.39, 0.29) is 0 Å². The average Bonchev–Trinajstić information content (AvgIpc) is 2.29. The smallest absolute Gasteiger partial charge is 0.252 e. The number of hydrogen-bond acceptors (Lipinski definition) is 4. The molecule has 0 saturated carbocycles. The van der Waals surface area contributed by atoms with Gasteiger partial charge in [-0.25, -0.2) is 4.98 Å². The van der Waals surface area contributed by atoms with E-state index in [9.17, 15) is 9.90 Å². The fraction of sp³-hybridized carbons (Fsp3) is 0.500. The van der Waals surface area contributed by atoms with Crippen LogP contribution in [-0.4, -0.2) is 34.7 Å². The van der Waals surface area contributed by atoms with Crippen LogP contribution in [0.1, 0.15) is 30.1 Å². The standard InChI is InChI=1S/C12H17N3O2/c1-12(17)4-7-15(8-5-12)11-9(10(13)16)3-2-6-14-11/h2-3,6,17H,4-5,7-8H2,1H3,(H2,13,16). The van der Waals surface area contributed by atoms with E-state index in [4.69, 9.17) is 5.73 Å². The summed E-state index contributed by atoms with van der Waals surface area (Å²) in [6, 6.07) is 3.38. The summed E-state index contributed by atoms with van der Waals surface area (Å²) >= 11 is 0. The maximum absolute atomic E-state index is 11.3. The molecule has 92 valence electrons. The van der Waals surface area contributed by atoms with Crippen LogP contribution in [0.3, 0.4) is 0 Å². The Balaban J connectivity index is 2.21. The van der Waals surface area contributed by atoms with Crippen molar-refractivity contribution in [2.45, 2.75) is 25.4 Å². The van der Waals surface area contributed by atoms with Crippen LogP contribution in [0.2, 0.25) is 0 Å². The third-order valence-electron chi connectivity index (χ3n) is 3.19. The molecule has 1 aliphatic heterocycles. The summed E-state index contributed by atoms with van der Waals surface area (Å²) in [4.78, 5) is 17.5. The van der Waals surface area contributed by atoms with Crippen molar-refractivity contribution in [1.82, 2.24) is 4.98 Å². The van der Waals surface area contributed by atoms with Gasteiger partial charge in [-0.15, -0.1) is 0 Å². The monoisotopic (exact) mass is 235 g/mol. The molecule has 0 unspecified atom stereocenters. The van der Waals surface area contributed by atoms with Gasteiger partial charge >= 0.3 is 0 Å². The van der Waals surface area contributed by atoms with Crippen molar-refractivity contribution in [3.05, 3.63) is 23.9 Å². The van der Waals surface area contributed by atoms with Gasteiger partial charge in [0.15, 0.2) is 0 Å². The summed E-state index contributed by atoms with van der Waals surface area (Å²) in [6.45, 7) is 3.20. The Labute approximate surface area is 100 Å². The first-order valence-corrected chi connectivity index (χ1v) is 5.72. The third-order valence-corrected chi connectivity index (χ3v) is 3.19. The summed E-state index contributed by atoms with van der Waals surface area (Å²) in [5, 5.41) is 9.88. The van der Waals surface area contributed by atoms with Crippen molar-refractivity contribution in [3.8, 4) is 0 Å². The number of amides is 1. The molecule has 1 aliphatic rings. The summed E-state index contributed by atoms with van der Waals surface area (Å²) < 4.78 is 0. The van der Waals surface area contributed by atoms with Crippen LogP contribution in [0, 0.1) is 0 Å². The van der Waals surface area contributed by atoms with Gasteiger partial charge in [0.25, 0.3) is 5.91 Å². The van der Waals surface area contributed by atoms with Gasteiger partial charge in [-0.2, -0.15) is 0 Å². The second-order valence-electron chi connectivity index (χ2n) is 4.72. The molecule has 5 nitrogen and oxygen atoms in total. The lowest BCUT2D eigenvalue weighted by Gasteiger charge is -2.36. The van der Waals surface area contributed by atoms with Crippen LogP contribution in [0.5, 0.6) is 0 Å². The van der Waals surface area contributed by atoms with E-state index < -0.39 is 11.5 Å². The van der Waals surface area contributed by atoms with Crippen LogP contribution >= 0.6 is 0 Å². The van der Waals surface area contributed by atoms with E-state index in [0.717, 1.165) is 0 Å². The number of carbonyl (C=O) groups is 1. The molecule has 17 heavy (non-hydrogen) atoms. The highest BCUT2D eigenvalue weighted by molar-refractivity contribution is 5.97. The van der Waals surface area contributed by atoms with Crippen LogP contribution in [0.4, 0.5) is 5.82 Å². The predicted octanol–water partition coefficient (Wildman–Crippen LogP) is 0.532. The van der Waals surface area contributed by atoms with Crippen molar-refractivity contribution in [2.24, 2.45) is 5.73 Å². The Bertz CT molecular complexity index is 422. The van der Waals surface area contributed by atoms with Gasteiger partial charge in [-0.05, 0) is 31.9 Å². The van der Waals surface area contributed by atoms with Gasteiger partial charge in [-0.3, -0.25) is 4.79 Å². The van der Waals surface area contributed by atoms with Gasteiger partial charge in [0.1, 0.15) is 5.82 Å². The Morgan fingerprint density at radius 3 is 2.76 bits per heavy atom. The van der Waals surface area contributed by atoms with Gasteiger partial charge in [0.05, 0.1) is 11.2 Å².